The van der Waals surface area contributed by atoms with Crippen LogP contribution in [0.1, 0.15) is 12.5 Å². The van der Waals surface area contributed by atoms with Crippen LogP contribution in [-0.2, 0) is 10.3 Å². The van der Waals surface area contributed by atoms with Gasteiger partial charge in [-0.15, -0.1) is 0 Å². The van der Waals surface area contributed by atoms with Gasteiger partial charge in [-0.25, -0.2) is 9.18 Å². The number of benzene rings is 2. The quantitative estimate of drug-likeness (QED) is 0.722. The molecule has 0 saturated carbocycles. The number of hydrogen-bond donors (Lipinski definition) is 2. The Morgan fingerprint density at radius 1 is 1.08 bits per heavy atom. The fourth-order valence-electron chi connectivity index (χ4n) is 2.33. The van der Waals surface area contributed by atoms with Gasteiger partial charge in [0, 0.05) is 12.7 Å². The van der Waals surface area contributed by atoms with Gasteiger partial charge in [0.05, 0.1) is 13.1 Å². The number of methoxy groups -OCH3 is 1. The first-order valence-corrected chi connectivity index (χ1v) is 8.05. The van der Waals surface area contributed by atoms with Crippen LogP contribution in [0, 0.1) is 5.82 Å². The summed E-state index contributed by atoms with van der Waals surface area (Å²) in [6, 6.07) is 15.3. The molecule has 1 unspecified atom stereocenters. The lowest BCUT2D eigenvalue weighted by Crippen LogP contribution is -2.45. The summed E-state index contributed by atoms with van der Waals surface area (Å²) in [5.41, 5.74) is -0.561. The summed E-state index contributed by atoms with van der Waals surface area (Å²) in [6.07, 6.45) is 0. The number of halogens is 1. The molecule has 0 heterocycles. The number of amides is 2. The van der Waals surface area contributed by atoms with Crippen LogP contribution in [0.3, 0.4) is 0 Å². The molecule has 0 spiro atoms. The van der Waals surface area contributed by atoms with Crippen molar-refractivity contribution in [1.82, 2.24) is 10.6 Å². The zero-order chi connectivity index (χ0) is 18.1. The van der Waals surface area contributed by atoms with E-state index in [1.165, 1.54) is 13.2 Å². The lowest BCUT2D eigenvalue weighted by Gasteiger charge is -2.29. The molecule has 2 N–H and O–H groups in total. The van der Waals surface area contributed by atoms with E-state index in [0.29, 0.717) is 18.7 Å². The predicted octanol–water partition coefficient (Wildman–Crippen LogP) is 3.07. The van der Waals surface area contributed by atoms with Gasteiger partial charge in [-0.3, -0.25) is 0 Å². The second kappa shape index (κ2) is 9.03. The Balaban J connectivity index is 1.77. The molecule has 6 heteroatoms. The monoisotopic (exact) mass is 346 g/mol. The first-order valence-electron chi connectivity index (χ1n) is 8.05. The average molecular weight is 346 g/mol. The molecule has 5 nitrogen and oxygen atoms in total. The van der Waals surface area contributed by atoms with Crippen LogP contribution in [-0.4, -0.2) is 32.8 Å². The molecule has 2 amide bonds. The average Bonchev–Trinajstić information content (AvgIpc) is 2.64. The number of ether oxygens (including phenoxy) is 2. The predicted molar refractivity (Wildman–Crippen MR) is 94.1 cm³/mol. The van der Waals surface area contributed by atoms with Crippen LogP contribution < -0.4 is 15.4 Å². The van der Waals surface area contributed by atoms with E-state index < -0.39 is 5.60 Å². The van der Waals surface area contributed by atoms with Crippen molar-refractivity contribution in [2.75, 3.05) is 26.8 Å². The highest BCUT2D eigenvalue weighted by atomic mass is 19.1. The van der Waals surface area contributed by atoms with Gasteiger partial charge in [0.2, 0.25) is 0 Å². The minimum absolute atomic E-state index is 0.135. The number of hydrogen-bond acceptors (Lipinski definition) is 3. The minimum Gasteiger partial charge on any atom is -0.492 e. The summed E-state index contributed by atoms with van der Waals surface area (Å²) < 4.78 is 24.9. The molecule has 1 atom stereocenters. The molecule has 0 aliphatic heterocycles. The molecule has 2 aromatic carbocycles. The molecule has 0 aromatic heterocycles. The van der Waals surface area contributed by atoms with Crippen molar-refractivity contribution in [2.24, 2.45) is 0 Å². The van der Waals surface area contributed by atoms with Crippen molar-refractivity contribution >= 4 is 6.03 Å². The van der Waals surface area contributed by atoms with Crippen molar-refractivity contribution in [1.29, 1.82) is 0 Å². The van der Waals surface area contributed by atoms with Gasteiger partial charge >= 0.3 is 6.03 Å². The fourth-order valence-corrected chi connectivity index (χ4v) is 2.33. The third-order valence-corrected chi connectivity index (χ3v) is 3.88. The Morgan fingerprint density at radius 2 is 1.76 bits per heavy atom. The van der Waals surface area contributed by atoms with Gasteiger partial charge in [0.25, 0.3) is 0 Å². The van der Waals surface area contributed by atoms with Crippen LogP contribution in [0.25, 0.3) is 0 Å². The van der Waals surface area contributed by atoms with E-state index in [9.17, 15) is 9.18 Å². The van der Waals surface area contributed by atoms with E-state index in [4.69, 9.17) is 9.47 Å². The lowest BCUT2D eigenvalue weighted by atomic mass is 9.95. The van der Waals surface area contributed by atoms with Gasteiger partial charge in [-0.05, 0) is 25.1 Å². The number of carbonyl (C=O) groups is 1. The maximum atomic E-state index is 14.0. The Labute approximate surface area is 147 Å². The van der Waals surface area contributed by atoms with Gasteiger partial charge in [0.1, 0.15) is 23.8 Å². The Hall–Kier alpha value is -2.60. The molecular formula is C19H23FN2O3. The third-order valence-electron chi connectivity index (χ3n) is 3.88. The van der Waals surface area contributed by atoms with Gasteiger partial charge < -0.3 is 20.1 Å². The van der Waals surface area contributed by atoms with Crippen LogP contribution >= 0.6 is 0 Å². The topological polar surface area (TPSA) is 59.6 Å². The second-order valence-electron chi connectivity index (χ2n) is 5.69. The first kappa shape index (κ1) is 18.7. The van der Waals surface area contributed by atoms with Crippen molar-refractivity contribution in [3.63, 3.8) is 0 Å². The molecule has 0 fully saturated rings. The molecule has 0 saturated heterocycles. The largest absolute Gasteiger partial charge is 0.492 e. The Bertz CT molecular complexity index is 681. The molecule has 134 valence electrons. The lowest BCUT2D eigenvalue weighted by molar-refractivity contribution is 0.00203. The van der Waals surface area contributed by atoms with E-state index in [2.05, 4.69) is 10.6 Å². The zero-order valence-corrected chi connectivity index (χ0v) is 14.4. The third kappa shape index (κ3) is 5.46. The second-order valence-corrected chi connectivity index (χ2v) is 5.69. The number of carbonyl (C=O) groups excluding carboxylic acids is 1. The van der Waals surface area contributed by atoms with Crippen molar-refractivity contribution in [2.45, 2.75) is 12.5 Å². The number of para-hydroxylation sites is 1. The van der Waals surface area contributed by atoms with Gasteiger partial charge in [-0.2, -0.15) is 0 Å². The normalized spacial score (nSPS) is 12.9. The molecule has 25 heavy (non-hydrogen) atoms. The number of nitrogens with one attached hydrogen (secondary N) is 2. The van der Waals surface area contributed by atoms with E-state index in [0.717, 1.165) is 5.75 Å². The van der Waals surface area contributed by atoms with Crippen LogP contribution in [0.2, 0.25) is 0 Å². The highest BCUT2D eigenvalue weighted by molar-refractivity contribution is 5.73. The number of urea groups is 1. The van der Waals surface area contributed by atoms with Crippen molar-refractivity contribution < 1.29 is 18.7 Å². The summed E-state index contributed by atoms with van der Waals surface area (Å²) in [6.45, 7) is 2.57. The summed E-state index contributed by atoms with van der Waals surface area (Å²) in [5, 5.41) is 5.39. The zero-order valence-electron chi connectivity index (χ0n) is 14.4. The Kier molecular flexibility index (Phi) is 6.77. The summed E-state index contributed by atoms with van der Waals surface area (Å²) >= 11 is 0. The molecule has 0 radical (unpaired) electrons. The smallest absolute Gasteiger partial charge is 0.315 e. The summed E-state index contributed by atoms with van der Waals surface area (Å²) in [5.74, 6) is 0.376. The molecular weight excluding hydrogens is 323 g/mol. The minimum atomic E-state index is -0.955. The molecule has 0 aliphatic rings. The van der Waals surface area contributed by atoms with E-state index in [1.54, 1.807) is 25.1 Å². The highest BCUT2D eigenvalue weighted by Gasteiger charge is 2.29. The first-order chi connectivity index (χ1) is 12.0. The van der Waals surface area contributed by atoms with Crippen LogP contribution in [0.5, 0.6) is 5.75 Å². The standard InChI is InChI=1S/C19H23FN2O3/c1-19(24-2,16-10-6-7-11-17(16)20)14-22-18(23)21-12-13-25-15-8-4-3-5-9-15/h3-11H,12-14H2,1-2H3,(H2,21,22,23). The Morgan fingerprint density at radius 3 is 2.44 bits per heavy atom. The van der Waals surface area contributed by atoms with Gasteiger partial charge in [-0.1, -0.05) is 36.4 Å². The number of rotatable bonds is 8. The maximum Gasteiger partial charge on any atom is 0.315 e. The summed E-state index contributed by atoms with van der Waals surface area (Å²) in [4.78, 5) is 11.9. The van der Waals surface area contributed by atoms with E-state index in [-0.39, 0.29) is 18.4 Å². The SMILES string of the molecule is COC(C)(CNC(=O)NCCOc1ccccc1)c1ccccc1F. The fraction of sp³-hybridized carbons (Fsp3) is 0.316. The van der Waals surface area contributed by atoms with Gasteiger partial charge in [0.15, 0.2) is 0 Å². The molecule has 0 aliphatic carbocycles. The van der Waals surface area contributed by atoms with E-state index in [1.807, 2.05) is 30.3 Å². The maximum absolute atomic E-state index is 14.0. The highest BCUT2D eigenvalue weighted by Crippen LogP contribution is 2.26. The molecule has 2 rings (SSSR count). The van der Waals surface area contributed by atoms with E-state index >= 15 is 0 Å². The van der Waals surface area contributed by atoms with Crippen molar-refractivity contribution in [3.8, 4) is 5.75 Å². The molecule has 0 bridgehead atoms. The van der Waals surface area contributed by atoms with Crippen molar-refractivity contribution in [3.05, 3.63) is 66.0 Å². The molecule has 2 aromatic rings. The van der Waals surface area contributed by atoms with Crippen LogP contribution in [0.4, 0.5) is 9.18 Å². The van der Waals surface area contributed by atoms with Crippen LogP contribution in [0.15, 0.2) is 54.6 Å². The summed E-state index contributed by atoms with van der Waals surface area (Å²) in [7, 11) is 1.49.